The SMILES string of the molecule is O=C(NCCc1ccc2c(c1)OCO2)c1ccc(NC(=O)N2Cc3ccccc3C2)cc1. The van der Waals surface area contributed by atoms with Gasteiger partial charge in [-0.1, -0.05) is 30.3 Å². The van der Waals surface area contributed by atoms with Gasteiger partial charge in [0.25, 0.3) is 5.91 Å². The van der Waals surface area contributed by atoms with Crippen molar-refractivity contribution >= 4 is 17.6 Å². The van der Waals surface area contributed by atoms with Crippen LogP contribution in [0.5, 0.6) is 11.5 Å². The second-order valence-corrected chi connectivity index (χ2v) is 7.83. The molecule has 0 unspecified atom stereocenters. The highest BCUT2D eigenvalue weighted by Crippen LogP contribution is 2.32. The number of carbonyl (C=O) groups excluding carboxylic acids is 2. The summed E-state index contributed by atoms with van der Waals surface area (Å²) in [5.41, 5.74) is 4.62. The van der Waals surface area contributed by atoms with Gasteiger partial charge < -0.3 is 25.0 Å². The Bertz CT molecular complexity index is 1140. The van der Waals surface area contributed by atoms with Crippen molar-refractivity contribution in [2.24, 2.45) is 0 Å². The van der Waals surface area contributed by atoms with Crippen LogP contribution in [0.1, 0.15) is 27.0 Å². The molecule has 162 valence electrons. The van der Waals surface area contributed by atoms with Gasteiger partial charge in [-0.3, -0.25) is 4.79 Å². The van der Waals surface area contributed by atoms with Gasteiger partial charge in [-0.25, -0.2) is 4.79 Å². The molecule has 7 heteroatoms. The van der Waals surface area contributed by atoms with Crippen LogP contribution < -0.4 is 20.1 Å². The fraction of sp³-hybridized carbons (Fsp3) is 0.200. The predicted molar refractivity (Wildman–Crippen MR) is 120 cm³/mol. The van der Waals surface area contributed by atoms with E-state index in [4.69, 9.17) is 9.47 Å². The second-order valence-electron chi connectivity index (χ2n) is 7.83. The first kappa shape index (κ1) is 19.9. The zero-order valence-corrected chi connectivity index (χ0v) is 17.5. The van der Waals surface area contributed by atoms with Crippen LogP contribution in [-0.4, -0.2) is 30.2 Å². The molecule has 2 heterocycles. The number of hydrogen-bond donors (Lipinski definition) is 2. The first-order valence-electron chi connectivity index (χ1n) is 10.6. The first-order valence-corrected chi connectivity index (χ1v) is 10.6. The molecule has 3 amide bonds. The van der Waals surface area contributed by atoms with E-state index in [2.05, 4.69) is 10.6 Å². The van der Waals surface area contributed by atoms with E-state index in [0.717, 1.165) is 17.1 Å². The van der Waals surface area contributed by atoms with Crippen molar-refractivity contribution in [3.8, 4) is 11.5 Å². The van der Waals surface area contributed by atoms with Gasteiger partial charge in [0.15, 0.2) is 11.5 Å². The van der Waals surface area contributed by atoms with Crippen molar-refractivity contribution in [3.63, 3.8) is 0 Å². The van der Waals surface area contributed by atoms with Gasteiger partial charge in [0, 0.05) is 30.9 Å². The average Bonchev–Trinajstić information content (AvgIpc) is 3.46. The highest BCUT2D eigenvalue weighted by molar-refractivity contribution is 5.95. The van der Waals surface area contributed by atoms with Crippen LogP contribution in [0.25, 0.3) is 0 Å². The van der Waals surface area contributed by atoms with Crippen molar-refractivity contribution in [3.05, 3.63) is 89.0 Å². The molecule has 3 aromatic carbocycles. The monoisotopic (exact) mass is 429 g/mol. The zero-order chi connectivity index (χ0) is 21.9. The molecule has 2 aliphatic rings. The van der Waals surface area contributed by atoms with Crippen molar-refractivity contribution in [2.45, 2.75) is 19.5 Å². The Kier molecular flexibility index (Phi) is 5.37. The molecule has 2 aliphatic heterocycles. The van der Waals surface area contributed by atoms with Crippen molar-refractivity contribution in [1.29, 1.82) is 0 Å². The van der Waals surface area contributed by atoms with Crippen molar-refractivity contribution in [2.75, 3.05) is 18.7 Å². The van der Waals surface area contributed by atoms with E-state index >= 15 is 0 Å². The van der Waals surface area contributed by atoms with E-state index < -0.39 is 0 Å². The number of nitrogens with one attached hydrogen (secondary N) is 2. The summed E-state index contributed by atoms with van der Waals surface area (Å²) in [6.07, 6.45) is 0.689. The minimum atomic E-state index is -0.154. The summed E-state index contributed by atoms with van der Waals surface area (Å²) in [5, 5.41) is 5.83. The van der Waals surface area contributed by atoms with E-state index in [1.54, 1.807) is 29.2 Å². The van der Waals surface area contributed by atoms with Crippen LogP contribution in [0.2, 0.25) is 0 Å². The van der Waals surface area contributed by atoms with E-state index in [1.165, 1.54) is 11.1 Å². The molecule has 0 spiro atoms. The Balaban J connectivity index is 1.11. The molecule has 0 atom stereocenters. The van der Waals surface area contributed by atoms with Gasteiger partial charge in [-0.05, 0) is 59.5 Å². The Morgan fingerprint density at radius 2 is 1.59 bits per heavy atom. The van der Waals surface area contributed by atoms with Crippen LogP contribution in [-0.2, 0) is 19.5 Å². The summed E-state index contributed by atoms with van der Waals surface area (Å²) in [4.78, 5) is 26.8. The Morgan fingerprint density at radius 1 is 0.875 bits per heavy atom. The molecule has 7 nitrogen and oxygen atoms in total. The minimum absolute atomic E-state index is 0.151. The highest BCUT2D eigenvalue weighted by Gasteiger charge is 2.22. The van der Waals surface area contributed by atoms with Crippen LogP contribution in [0, 0.1) is 0 Å². The van der Waals surface area contributed by atoms with Crippen molar-refractivity contribution in [1.82, 2.24) is 10.2 Å². The fourth-order valence-corrected chi connectivity index (χ4v) is 3.90. The molecule has 0 bridgehead atoms. The maximum Gasteiger partial charge on any atom is 0.322 e. The van der Waals surface area contributed by atoms with Gasteiger partial charge >= 0.3 is 6.03 Å². The van der Waals surface area contributed by atoms with Crippen LogP contribution in [0.3, 0.4) is 0 Å². The van der Waals surface area contributed by atoms with Gasteiger partial charge in [-0.15, -0.1) is 0 Å². The molecule has 3 aromatic rings. The van der Waals surface area contributed by atoms with Gasteiger partial charge in [0.2, 0.25) is 6.79 Å². The Hall–Kier alpha value is -4.00. The third-order valence-electron chi connectivity index (χ3n) is 5.66. The molecule has 0 saturated carbocycles. The average molecular weight is 429 g/mol. The molecule has 0 fully saturated rings. The third-order valence-corrected chi connectivity index (χ3v) is 5.66. The highest BCUT2D eigenvalue weighted by atomic mass is 16.7. The fourth-order valence-electron chi connectivity index (χ4n) is 3.90. The number of urea groups is 1. The third kappa shape index (κ3) is 4.23. The largest absolute Gasteiger partial charge is 0.454 e. The molecular weight excluding hydrogens is 406 g/mol. The maximum atomic E-state index is 12.6. The van der Waals surface area contributed by atoms with Crippen LogP contribution >= 0.6 is 0 Å². The molecule has 2 N–H and O–H groups in total. The molecular formula is C25H23N3O4. The summed E-state index contributed by atoms with van der Waals surface area (Å²) >= 11 is 0. The number of hydrogen-bond acceptors (Lipinski definition) is 4. The minimum Gasteiger partial charge on any atom is -0.454 e. The topological polar surface area (TPSA) is 79.9 Å². The summed E-state index contributed by atoms with van der Waals surface area (Å²) in [5.74, 6) is 1.34. The van der Waals surface area contributed by atoms with Crippen LogP contribution in [0.4, 0.5) is 10.5 Å². The van der Waals surface area contributed by atoms with Gasteiger partial charge in [-0.2, -0.15) is 0 Å². The summed E-state index contributed by atoms with van der Waals surface area (Å²) in [7, 11) is 0. The molecule has 0 aliphatic carbocycles. The Labute approximate surface area is 185 Å². The number of ether oxygens (including phenoxy) is 2. The Morgan fingerprint density at radius 3 is 2.34 bits per heavy atom. The smallest absolute Gasteiger partial charge is 0.322 e. The number of rotatable bonds is 5. The molecule has 0 aromatic heterocycles. The van der Waals surface area contributed by atoms with Crippen molar-refractivity contribution < 1.29 is 19.1 Å². The number of carbonyl (C=O) groups is 2. The maximum absolute atomic E-state index is 12.6. The summed E-state index contributed by atoms with van der Waals surface area (Å²) in [6.45, 7) is 1.96. The first-order chi connectivity index (χ1) is 15.7. The van der Waals surface area contributed by atoms with E-state index in [0.29, 0.717) is 37.3 Å². The number of fused-ring (bicyclic) bond motifs is 2. The second kappa shape index (κ2) is 8.63. The number of amides is 3. The quantitative estimate of drug-likeness (QED) is 0.644. The molecule has 5 rings (SSSR count). The van der Waals surface area contributed by atoms with Gasteiger partial charge in [0.05, 0.1) is 0 Å². The lowest BCUT2D eigenvalue weighted by atomic mass is 10.1. The predicted octanol–water partition coefficient (Wildman–Crippen LogP) is 3.94. The standard InChI is InChI=1S/C25H23N3O4/c29-24(26-12-11-17-5-10-22-23(13-17)32-16-31-22)18-6-8-21(9-7-18)27-25(30)28-14-19-3-1-2-4-20(19)15-28/h1-10,13H,11-12,14-16H2,(H,26,29)(H,27,30). The normalized spacial score (nSPS) is 13.6. The van der Waals surface area contributed by atoms with E-state index in [1.807, 2.05) is 42.5 Å². The number of benzene rings is 3. The lowest BCUT2D eigenvalue weighted by Crippen LogP contribution is -2.30. The number of nitrogens with zero attached hydrogens (tertiary/aromatic N) is 1. The lowest BCUT2D eigenvalue weighted by molar-refractivity contribution is 0.0954. The summed E-state index contributed by atoms with van der Waals surface area (Å²) in [6, 6.07) is 20.6. The summed E-state index contributed by atoms with van der Waals surface area (Å²) < 4.78 is 10.7. The van der Waals surface area contributed by atoms with Crippen LogP contribution in [0.15, 0.2) is 66.7 Å². The van der Waals surface area contributed by atoms with Gasteiger partial charge in [0.1, 0.15) is 0 Å². The van der Waals surface area contributed by atoms with E-state index in [-0.39, 0.29) is 18.7 Å². The molecule has 0 radical (unpaired) electrons. The molecule has 0 saturated heterocycles. The van der Waals surface area contributed by atoms with E-state index in [9.17, 15) is 9.59 Å². The lowest BCUT2D eigenvalue weighted by Gasteiger charge is -2.16. The zero-order valence-electron chi connectivity index (χ0n) is 17.5. The molecule has 32 heavy (non-hydrogen) atoms. The number of anilines is 1.